The van der Waals surface area contributed by atoms with Crippen LogP contribution in [-0.4, -0.2) is 40.7 Å². The molecule has 1 N–H and O–H groups in total. The van der Waals surface area contributed by atoms with Crippen molar-refractivity contribution in [1.82, 2.24) is 5.32 Å². The second-order valence-electron chi connectivity index (χ2n) is 8.68. The van der Waals surface area contributed by atoms with Gasteiger partial charge in [0.05, 0.1) is 11.3 Å². The number of esters is 2. The summed E-state index contributed by atoms with van der Waals surface area (Å²) in [5.41, 5.74) is -0.309. The number of non-ortho nitro benzene ring substituents is 1. The molecule has 0 bridgehead atoms. The molecular formula is C22H30N2O8. The molecule has 1 atom stereocenters. The van der Waals surface area contributed by atoms with E-state index < -0.39 is 41.0 Å². The number of ether oxygens (including phenoxy) is 3. The highest BCUT2D eigenvalue weighted by Crippen LogP contribution is 2.21. The molecule has 0 spiro atoms. The summed E-state index contributed by atoms with van der Waals surface area (Å²) in [6.07, 6.45) is 2.98. The van der Waals surface area contributed by atoms with E-state index in [0.29, 0.717) is 5.56 Å². The fraction of sp³-hybridized carbons (Fsp3) is 0.591. The number of nitro groups is 1. The van der Waals surface area contributed by atoms with E-state index in [-0.39, 0.29) is 18.4 Å². The largest absolute Gasteiger partial charge is 0.461 e. The lowest BCUT2D eigenvalue weighted by molar-refractivity contribution is -0.384. The SMILES string of the molecule is CC(C)(C)OC(=O)N[C@@H](CC(=O)OCc1ccc([N+](=O)[O-])cc1)C(=O)OC1CCCCC1. The van der Waals surface area contributed by atoms with E-state index in [2.05, 4.69) is 5.32 Å². The zero-order valence-electron chi connectivity index (χ0n) is 18.6. The van der Waals surface area contributed by atoms with Crippen LogP contribution in [0.25, 0.3) is 0 Å². The number of carbonyl (C=O) groups is 3. The van der Waals surface area contributed by atoms with Crippen LogP contribution in [0.4, 0.5) is 10.5 Å². The highest BCUT2D eigenvalue weighted by atomic mass is 16.6. The fourth-order valence-corrected chi connectivity index (χ4v) is 3.18. The number of hydrogen-bond acceptors (Lipinski definition) is 8. The highest BCUT2D eigenvalue weighted by molar-refractivity contribution is 5.86. The van der Waals surface area contributed by atoms with E-state index in [0.717, 1.165) is 32.1 Å². The van der Waals surface area contributed by atoms with E-state index in [1.807, 2.05) is 0 Å². The number of nitrogens with zero attached hydrogens (tertiary/aromatic N) is 1. The van der Waals surface area contributed by atoms with Gasteiger partial charge < -0.3 is 19.5 Å². The molecule has 1 aliphatic rings. The summed E-state index contributed by atoms with van der Waals surface area (Å²) in [5.74, 6) is -1.44. The van der Waals surface area contributed by atoms with Gasteiger partial charge in [0.15, 0.2) is 0 Å². The third-order valence-electron chi connectivity index (χ3n) is 4.73. The second-order valence-corrected chi connectivity index (χ2v) is 8.68. The van der Waals surface area contributed by atoms with Crippen molar-refractivity contribution in [2.24, 2.45) is 0 Å². The van der Waals surface area contributed by atoms with Gasteiger partial charge in [-0.05, 0) is 64.2 Å². The van der Waals surface area contributed by atoms with Gasteiger partial charge in [-0.1, -0.05) is 6.42 Å². The van der Waals surface area contributed by atoms with Crippen molar-refractivity contribution in [2.75, 3.05) is 0 Å². The topological polar surface area (TPSA) is 134 Å². The first-order chi connectivity index (χ1) is 15.0. The number of nitro benzene ring substituents is 1. The summed E-state index contributed by atoms with van der Waals surface area (Å²) in [7, 11) is 0. The van der Waals surface area contributed by atoms with Crippen LogP contribution in [0.2, 0.25) is 0 Å². The van der Waals surface area contributed by atoms with Gasteiger partial charge >= 0.3 is 18.0 Å². The normalized spacial score (nSPS) is 15.3. The standard InChI is InChI=1S/C22H30N2O8/c1-22(2,3)32-21(27)23-18(20(26)31-17-7-5-4-6-8-17)13-19(25)30-14-15-9-11-16(12-10-15)24(28)29/h9-12,17-18H,4-8,13-14H2,1-3H3,(H,23,27)/t18-/m0/s1. The summed E-state index contributed by atoms with van der Waals surface area (Å²) in [6, 6.07) is 4.30. The number of nitrogens with one attached hydrogen (secondary N) is 1. The van der Waals surface area contributed by atoms with Gasteiger partial charge in [-0.15, -0.1) is 0 Å². The third-order valence-corrected chi connectivity index (χ3v) is 4.73. The van der Waals surface area contributed by atoms with E-state index in [9.17, 15) is 24.5 Å². The lowest BCUT2D eigenvalue weighted by atomic mass is 9.98. The smallest absolute Gasteiger partial charge is 0.408 e. The molecule has 10 heteroatoms. The molecule has 176 valence electrons. The van der Waals surface area contributed by atoms with Crippen molar-refractivity contribution in [3.05, 3.63) is 39.9 Å². The first-order valence-electron chi connectivity index (χ1n) is 10.6. The Bertz CT molecular complexity index is 810. The molecule has 0 aromatic heterocycles. The molecule has 10 nitrogen and oxygen atoms in total. The molecule has 32 heavy (non-hydrogen) atoms. The van der Waals surface area contributed by atoms with Crippen LogP contribution in [-0.2, 0) is 30.4 Å². The molecule has 0 radical (unpaired) electrons. The molecule has 1 aromatic carbocycles. The number of alkyl carbamates (subject to hydrolysis) is 1. The molecule has 1 aromatic rings. The molecule has 0 aliphatic heterocycles. The first-order valence-corrected chi connectivity index (χ1v) is 10.6. The van der Waals surface area contributed by atoms with Gasteiger partial charge in [-0.3, -0.25) is 14.9 Å². The molecular weight excluding hydrogens is 420 g/mol. The Balaban J connectivity index is 1.96. The van der Waals surface area contributed by atoms with Gasteiger partial charge in [0.25, 0.3) is 5.69 Å². The Hall–Kier alpha value is -3.17. The summed E-state index contributed by atoms with van der Waals surface area (Å²) in [6.45, 7) is 4.91. The van der Waals surface area contributed by atoms with Crippen LogP contribution in [0.3, 0.4) is 0 Å². The molecule has 0 heterocycles. The quantitative estimate of drug-likeness (QED) is 0.274. The minimum absolute atomic E-state index is 0.0767. The molecule has 0 unspecified atom stereocenters. The van der Waals surface area contributed by atoms with Gasteiger partial charge in [0, 0.05) is 12.1 Å². The predicted octanol–water partition coefficient (Wildman–Crippen LogP) is 3.80. The van der Waals surface area contributed by atoms with Crippen LogP contribution < -0.4 is 5.32 Å². The summed E-state index contributed by atoms with van der Waals surface area (Å²) in [4.78, 5) is 47.3. The van der Waals surface area contributed by atoms with Crippen molar-refractivity contribution in [2.45, 2.75) is 83.6 Å². The monoisotopic (exact) mass is 450 g/mol. The average molecular weight is 450 g/mol. The van der Waals surface area contributed by atoms with Crippen LogP contribution in [0.5, 0.6) is 0 Å². The maximum absolute atomic E-state index is 12.7. The predicted molar refractivity (Wildman–Crippen MR) is 114 cm³/mol. The molecule has 1 aliphatic carbocycles. The second kappa shape index (κ2) is 11.4. The number of rotatable bonds is 8. The highest BCUT2D eigenvalue weighted by Gasteiger charge is 2.30. The number of carbonyl (C=O) groups excluding carboxylic acids is 3. The van der Waals surface area contributed by atoms with Crippen LogP contribution in [0.15, 0.2) is 24.3 Å². The van der Waals surface area contributed by atoms with E-state index in [1.54, 1.807) is 20.8 Å². The van der Waals surface area contributed by atoms with Crippen molar-refractivity contribution < 1.29 is 33.5 Å². The Morgan fingerprint density at radius 2 is 1.75 bits per heavy atom. The van der Waals surface area contributed by atoms with Gasteiger partial charge in [-0.2, -0.15) is 0 Å². The van der Waals surface area contributed by atoms with E-state index in [4.69, 9.17) is 14.2 Å². The Kier molecular flexibility index (Phi) is 8.98. The van der Waals surface area contributed by atoms with Crippen LogP contribution in [0, 0.1) is 10.1 Å². The molecule has 1 fully saturated rings. The summed E-state index contributed by atoms with van der Waals surface area (Å²) in [5, 5.41) is 13.1. The maximum Gasteiger partial charge on any atom is 0.408 e. The lowest BCUT2D eigenvalue weighted by Gasteiger charge is -2.26. The number of hydrogen-bond donors (Lipinski definition) is 1. The van der Waals surface area contributed by atoms with Crippen molar-refractivity contribution >= 4 is 23.7 Å². The minimum Gasteiger partial charge on any atom is -0.461 e. The molecule has 1 saturated carbocycles. The zero-order chi connectivity index (χ0) is 23.7. The number of benzene rings is 1. The summed E-state index contributed by atoms with van der Waals surface area (Å²) >= 11 is 0. The van der Waals surface area contributed by atoms with Crippen LogP contribution >= 0.6 is 0 Å². The molecule has 1 amide bonds. The zero-order valence-corrected chi connectivity index (χ0v) is 18.6. The van der Waals surface area contributed by atoms with Crippen LogP contribution in [0.1, 0.15) is 64.9 Å². The van der Waals surface area contributed by atoms with Crippen molar-refractivity contribution in [1.29, 1.82) is 0 Å². The van der Waals surface area contributed by atoms with E-state index >= 15 is 0 Å². The minimum atomic E-state index is -1.25. The van der Waals surface area contributed by atoms with E-state index in [1.165, 1.54) is 24.3 Å². The third kappa shape index (κ3) is 8.91. The Morgan fingerprint density at radius 3 is 2.31 bits per heavy atom. The maximum atomic E-state index is 12.7. The van der Waals surface area contributed by atoms with Crippen molar-refractivity contribution in [3.8, 4) is 0 Å². The Labute approximate surface area is 186 Å². The average Bonchev–Trinajstić information content (AvgIpc) is 2.71. The Morgan fingerprint density at radius 1 is 1.12 bits per heavy atom. The molecule has 2 rings (SSSR count). The summed E-state index contributed by atoms with van der Waals surface area (Å²) < 4.78 is 15.9. The molecule has 0 saturated heterocycles. The lowest BCUT2D eigenvalue weighted by Crippen LogP contribution is -2.46. The van der Waals surface area contributed by atoms with Crippen molar-refractivity contribution in [3.63, 3.8) is 0 Å². The number of amides is 1. The fourth-order valence-electron chi connectivity index (χ4n) is 3.18. The first kappa shape index (κ1) is 25.1. The van der Waals surface area contributed by atoms with Gasteiger partial charge in [0.2, 0.25) is 0 Å². The van der Waals surface area contributed by atoms with Gasteiger partial charge in [-0.25, -0.2) is 9.59 Å². The van der Waals surface area contributed by atoms with Gasteiger partial charge in [0.1, 0.15) is 24.4 Å².